The fourth-order valence-corrected chi connectivity index (χ4v) is 2.11. The van der Waals surface area contributed by atoms with E-state index in [1.807, 2.05) is 0 Å². The summed E-state index contributed by atoms with van der Waals surface area (Å²) < 4.78 is 0. The monoisotopic (exact) mass is 153 g/mol. The lowest BCUT2D eigenvalue weighted by atomic mass is 9.84. The molecule has 1 saturated carbocycles. The fourth-order valence-electron chi connectivity index (χ4n) is 2.11. The number of carbonyl (C=O) groups is 2. The van der Waals surface area contributed by atoms with Crippen LogP contribution in [0.15, 0.2) is 0 Å². The topological polar surface area (TPSA) is 46.2 Å². The Kier molecular flexibility index (Phi) is 1.28. The molecule has 11 heavy (non-hydrogen) atoms. The Morgan fingerprint density at radius 2 is 2.09 bits per heavy atom. The second kappa shape index (κ2) is 2.06. The number of ketones is 1. The lowest BCUT2D eigenvalue weighted by Crippen LogP contribution is -2.34. The van der Waals surface area contributed by atoms with E-state index in [0.29, 0.717) is 13.0 Å². The van der Waals surface area contributed by atoms with Crippen molar-refractivity contribution in [3.8, 4) is 0 Å². The summed E-state index contributed by atoms with van der Waals surface area (Å²) in [4.78, 5) is 22.6. The van der Waals surface area contributed by atoms with Crippen LogP contribution in [0, 0.1) is 5.41 Å². The predicted molar refractivity (Wildman–Crippen MR) is 38.9 cm³/mol. The molecule has 0 aromatic heterocycles. The summed E-state index contributed by atoms with van der Waals surface area (Å²) in [5, 5.41) is 2.72. The minimum Gasteiger partial charge on any atom is -0.355 e. The van der Waals surface area contributed by atoms with Crippen LogP contribution >= 0.6 is 0 Å². The molecule has 0 bridgehead atoms. The highest BCUT2D eigenvalue weighted by Crippen LogP contribution is 2.40. The molecule has 2 fully saturated rings. The summed E-state index contributed by atoms with van der Waals surface area (Å²) >= 11 is 0. The van der Waals surface area contributed by atoms with Gasteiger partial charge in [-0.3, -0.25) is 9.59 Å². The Morgan fingerprint density at radius 3 is 2.55 bits per heavy atom. The van der Waals surface area contributed by atoms with Gasteiger partial charge in [-0.05, 0) is 19.3 Å². The second-order valence-corrected chi connectivity index (χ2v) is 3.36. The number of hydrogen-bond donors (Lipinski definition) is 1. The molecule has 1 aliphatic heterocycles. The highest BCUT2D eigenvalue weighted by atomic mass is 16.2. The average molecular weight is 153 g/mol. The van der Waals surface area contributed by atoms with Gasteiger partial charge in [0, 0.05) is 13.0 Å². The fraction of sp³-hybridized carbons (Fsp3) is 0.750. The quantitative estimate of drug-likeness (QED) is 0.507. The first-order valence-electron chi connectivity index (χ1n) is 4.07. The van der Waals surface area contributed by atoms with Gasteiger partial charge in [-0.2, -0.15) is 0 Å². The average Bonchev–Trinajstić information content (AvgIpc) is 2.48. The number of carbonyl (C=O) groups excluding carboxylic acids is 2. The molecule has 1 atom stereocenters. The van der Waals surface area contributed by atoms with E-state index in [4.69, 9.17) is 0 Å². The zero-order valence-corrected chi connectivity index (χ0v) is 6.35. The van der Waals surface area contributed by atoms with Crippen LogP contribution in [0.1, 0.15) is 25.7 Å². The lowest BCUT2D eigenvalue weighted by molar-refractivity contribution is -0.137. The van der Waals surface area contributed by atoms with Gasteiger partial charge in [0.25, 0.3) is 0 Å². The molecule has 1 spiro atoms. The van der Waals surface area contributed by atoms with Gasteiger partial charge in [0.2, 0.25) is 5.91 Å². The minimum absolute atomic E-state index is 0.0278. The van der Waals surface area contributed by atoms with Crippen LogP contribution in [0.4, 0.5) is 0 Å². The maximum Gasteiger partial charge on any atom is 0.233 e. The van der Waals surface area contributed by atoms with Gasteiger partial charge in [-0.25, -0.2) is 0 Å². The maximum absolute atomic E-state index is 11.3. The molecule has 3 nitrogen and oxygen atoms in total. The first-order valence-corrected chi connectivity index (χ1v) is 4.07. The zero-order chi connectivity index (χ0) is 7.90. The summed E-state index contributed by atoms with van der Waals surface area (Å²) in [5.41, 5.74) is -0.583. The molecule has 1 amide bonds. The molecule has 1 N–H and O–H groups in total. The number of rotatable bonds is 0. The van der Waals surface area contributed by atoms with Crippen LogP contribution < -0.4 is 5.32 Å². The van der Waals surface area contributed by atoms with Crippen molar-refractivity contribution in [1.82, 2.24) is 5.32 Å². The Balaban J connectivity index is 2.33. The molecule has 1 heterocycles. The predicted octanol–water partition coefficient (Wildman–Crippen LogP) is 0.246. The SMILES string of the molecule is O=C1CCCC12CCNC2=O. The first-order chi connectivity index (χ1) is 5.26. The van der Waals surface area contributed by atoms with E-state index in [0.717, 1.165) is 19.3 Å². The number of Topliss-reactive ketones (excluding diaryl/α,β-unsaturated/α-hetero) is 1. The third kappa shape index (κ3) is 0.737. The number of hydrogen-bond acceptors (Lipinski definition) is 2. The summed E-state index contributed by atoms with van der Waals surface area (Å²) in [6, 6.07) is 0. The molecule has 0 aromatic rings. The third-order valence-electron chi connectivity index (χ3n) is 2.81. The normalized spacial score (nSPS) is 36.7. The Bertz CT molecular complexity index is 198. The van der Waals surface area contributed by atoms with E-state index in [9.17, 15) is 9.59 Å². The zero-order valence-electron chi connectivity index (χ0n) is 6.35. The van der Waals surface area contributed by atoms with E-state index in [2.05, 4.69) is 5.32 Å². The van der Waals surface area contributed by atoms with E-state index >= 15 is 0 Å². The molecule has 0 aromatic carbocycles. The van der Waals surface area contributed by atoms with Crippen LogP contribution in [0.3, 0.4) is 0 Å². The van der Waals surface area contributed by atoms with E-state index in [1.54, 1.807) is 0 Å². The number of nitrogens with one attached hydrogen (secondary N) is 1. The van der Waals surface area contributed by atoms with Gasteiger partial charge in [-0.15, -0.1) is 0 Å². The molecule has 1 saturated heterocycles. The van der Waals surface area contributed by atoms with Gasteiger partial charge in [-0.1, -0.05) is 0 Å². The van der Waals surface area contributed by atoms with Gasteiger partial charge in [0.15, 0.2) is 0 Å². The van der Waals surface area contributed by atoms with Crippen molar-refractivity contribution < 1.29 is 9.59 Å². The van der Waals surface area contributed by atoms with Gasteiger partial charge in [0.1, 0.15) is 11.2 Å². The molecule has 2 aliphatic rings. The summed E-state index contributed by atoms with van der Waals surface area (Å²) in [5.74, 6) is 0.132. The van der Waals surface area contributed by atoms with Crippen molar-refractivity contribution in [3.05, 3.63) is 0 Å². The number of amides is 1. The van der Waals surface area contributed by atoms with Crippen molar-refractivity contribution in [2.45, 2.75) is 25.7 Å². The van der Waals surface area contributed by atoms with Crippen molar-refractivity contribution in [2.75, 3.05) is 6.54 Å². The van der Waals surface area contributed by atoms with Crippen LogP contribution in [-0.2, 0) is 9.59 Å². The van der Waals surface area contributed by atoms with Crippen molar-refractivity contribution in [2.24, 2.45) is 5.41 Å². The maximum atomic E-state index is 11.3. The minimum atomic E-state index is -0.583. The van der Waals surface area contributed by atoms with Crippen molar-refractivity contribution in [1.29, 1.82) is 0 Å². The summed E-state index contributed by atoms with van der Waals surface area (Å²) in [6.07, 6.45) is 3.00. The van der Waals surface area contributed by atoms with Crippen LogP contribution in [0.25, 0.3) is 0 Å². The van der Waals surface area contributed by atoms with Gasteiger partial charge >= 0.3 is 0 Å². The Hall–Kier alpha value is -0.860. The largest absolute Gasteiger partial charge is 0.355 e. The van der Waals surface area contributed by atoms with Crippen molar-refractivity contribution in [3.63, 3.8) is 0 Å². The second-order valence-electron chi connectivity index (χ2n) is 3.36. The molecule has 1 unspecified atom stereocenters. The Morgan fingerprint density at radius 1 is 1.27 bits per heavy atom. The molecule has 0 radical (unpaired) electrons. The molecule has 2 rings (SSSR count). The van der Waals surface area contributed by atoms with Crippen LogP contribution in [0.2, 0.25) is 0 Å². The van der Waals surface area contributed by atoms with Crippen molar-refractivity contribution >= 4 is 11.7 Å². The smallest absolute Gasteiger partial charge is 0.233 e. The molecule has 60 valence electrons. The lowest BCUT2D eigenvalue weighted by Gasteiger charge is -2.15. The van der Waals surface area contributed by atoms with E-state index < -0.39 is 5.41 Å². The van der Waals surface area contributed by atoms with E-state index in [1.165, 1.54) is 0 Å². The molecule has 1 aliphatic carbocycles. The van der Waals surface area contributed by atoms with Gasteiger partial charge in [0.05, 0.1) is 0 Å². The van der Waals surface area contributed by atoms with Crippen LogP contribution in [0.5, 0.6) is 0 Å². The first kappa shape index (κ1) is 6.83. The molecular weight excluding hydrogens is 142 g/mol. The molecule has 3 heteroatoms. The van der Waals surface area contributed by atoms with E-state index in [-0.39, 0.29) is 11.7 Å². The van der Waals surface area contributed by atoms with Crippen LogP contribution in [-0.4, -0.2) is 18.2 Å². The highest BCUT2D eigenvalue weighted by molar-refractivity contribution is 6.08. The molecular formula is C8H11NO2. The third-order valence-corrected chi connectivity index (χ3v) is 2.81. The summed E-state index contributed by atoms with van der Waals surface area (Å²) in [7, 11) is 0. The summed E-state index contributed by atoms with van der Waals surface area (Å²) in [6.45, 7) is 0.685. The van der Waals surface area contributed by atoms with Gasteiger partial charge < -0.3 is 5.32 Å². The Labute approximate surface area is 65.2 Å². The standard InChI is InChI=1S/C8H11NO2/c10-6-2-1-3-8(6)4-5-9-7(8)11/h1-5H2,(H,9,11). The highest BCUT2D eigenvalue weighted by Gasteiger charge is 2.50.